The van der Waals surface area contributed by atoms with Gasteiger partial charge in [0.25, 0.3) is 0 Å². The average molecular weight is 1530 g/mol. The minimum absolute atomic E-state index is 1.25. The quantitative estimate of drug-likeness (QED) is 0.165. The van der Waals surface area contributed by atoms with Gasteiger partial charge in [0.05, 0.1) is 33.9 Å². The number of benzene rings is 8. The summed E-state index contributed by atoms with van der Waals surface area (Å²) >= 11 is 35.3. The molecule has 8 aromatic carbocycles. The van der Waals surface area contributed by atoms with Crippen molar-refractivity contribution in [1.82, 2.24) is 0 Å². The molecule has 0 atom stereocenters. The number of fused-ring (bicyclic) bond motifs is 8. The Balaban J connectivity index is 1.01. The minimum atomic E-state index is 1.25. The fourth-order valence-electron chi connectivity index (χ4n) is 12.5. The van der Waals surface area contributed by atoms with E-state index >= 15 is 0 Å². The summed E-state index contributed by atoms with van der Waals surface area (Å²) in [6, 6.07) is 82.5. The van der Waals surface area contributed by atoms with Gasteiger partial charge in [0.1, 0.15) is 0 Å². The van der Waals surface area contributed by atoms with Crippen LogP contribution in [0.15, 0.2) is 397 Å². The molecule has 0 saturated heterocycles. The summed E-state index contributed by atoms with van der Waals surface area (Å²) < 4.78 is 10.6. The summed E-state index contributed by atoms with van der Waals surface area (Å²) in [5.41, 5.74) is 15.9. The van der Waals surface area contributed by atoms with Gasteiger partial charge in [0, 0.05) is 155 Å². The molecule has 0 bridgehead atoms. The van der Waals surface area contributed by atoms with E-state index in [0.717, 1.165) is 0 Å². The molecule has 0 amide bonds. The number of hydrogen-bond donors (Lipinski definition) is 0. The molecule has 0 nitrogen and oxygen atoms in total. The highest BCUT2D eigenvalue weighted by Crippen LogP contribution is 2.74. The SMILES string of the molecule is c1csc(C(=C2C(=C3Sc4ccccc4S3)C(=C3Sc4ccccc4S3)C(=C3Sc4ccccc4S3)C2=C2Sc3ccccc3S2)C(=C2C(=C3Sc4ccccc4S3)C(=C3Sc4ccccc4S3)C(=C3Sc4ccccc4S3)C2=C2Sc3ccccc3S2)c2cccs2)c1. The van der Waals surface area contributed by atoms with Gasteiger partial charge in [0.15, 0.2) is 0 Å². The lowest BCUT2D eigenvalue weighted by Gasteiger charge is -2.22. The lowest BCUT2D eigenvalue weighted by molar-refractivity contribution is 1.27. The topological polar surface area (TPSA) is 0 Å². The molecule has 10 aliphatic rings. The molecule has 0 radical (unpaired) electrons. The van der Waals surface area contributed by atoms with Crippen LogP contribution in [0.1, 0.15) is 9.75 Å². The maximum atomic E-state index is 2.46. The molecule has 450 valence electrons. The molecular formula is C76H38S18. The summed E-state index contributed by atoms with van der Waals surface area (Å²) in [6.45, 7) is 0. The Morgan fingerprint density at radius 3 is 0.447 bits per heavy atom. The molecule has 8 aliphatic heterocycles. The highest BCUT2D eigenvalue weighted by Gasteiger charge is 2.50. The Morgan fingerprint density at radius 1 is 0.160 bits per heavy atom. The number of thioether (sulfide) groups is 16. The van der Waals surface area contributed by atoms with Gasteiger partial charge < -0.3 is 0 Å². The van der Waals surface area contributed by atoms with Crippen LogP contribution in [-0.4, -0.2) is 0 Å². The van der Waals surface area contributed by atoms with E-state index in [9.17, 15) is 0 Å². The van der Waals surface area contributed by atoms with Crippen LogP contribution in [-0.2, 0) is 0 Å². The van der Waals surface area contributed by atoms with E-state index in [2.05, 4.69) is 229 Å². The second-order valence-electron chi connectivity index (χ2n) is 22.0. The lowest BCUT2D eigenvalue weighted by Crippen LogP contribution is -2.02. The van der Waals surface area contributed by atoms with Gasteiger partial charge in [-0.2, -0.15) is 0 Å². The molecule has 94 heavy (non-hydrogen) atoms. The Labute approximate surface area is 621 Å². The molecule has 2 fully saturated rings. The molecule has 0 unspecified atom stereocenters. The normalized spacial score (nSPS) is 18.2. The van der Waals surface area contributed by atoms with Crippen molar-refractivity contribution in [3.8, 4) is 0 Å². The molecule has 10 heterocycles. The van der Waals surface area contributed by atoms with Crippen LogP contribution >= 0.6 is 211 Å². The number of allylic oxidation sites excluding steroid dienone is 12. The van der Waals surface area contributed by atoms with Crippen LogP contribution in [0.2, 0.25) is 0 Å². The standard InChI is InChI=1S/C76H38S18/c1-2-20-40-39(19-1)79-69(80-40)61-59(62(70-81-41-21-3-4-22-42(41)82-70)66(74-89-49-29-11-12-30-50(49)90-74)65(61)73-87-47-27-9-10-28-48(47)88-73)57(55-35-17-37-77-55)58(56-36-18-38-78-56)60-63(71-83-43-23-5-6-24-44(43)84-71)67(75-91-51-31-13-14-32-52(51)92-75)68(76-93-53-33-15-16-34-54(53)94-76)64(60)72-85-45-25-7-8-26-46(45)86-72/h1-38H. The zero-order chi connectivity index (χ0) is 61.5. The van der Waals surface area contributed by atoms with E-state index in [1.165, 1.54) is 189 Å². The Hall–Kier alpha value is -3.84. The van der Waals surface area contributed by atoms with Crippen LogP contribution in [0.5, 0.6) is 0 Å². The fourth-order valence-corrected chi connectivity index (χ4v) is 34.8. The molecule has 20 rings (SSSR count). The third-order valence-corrected chi connectivity index (χ3v) is 38.7. The van der Waals surface area contributed by atoms with Crippen molar-refractivity contribution in [2.75, 3.05) is 0 Å². The number of hydrogen-bond acceptors (Lipinski definition) is 18. The van der Waals surface area contributed by atoms with E-state index in [4.69, 9.17) is 0 Å². The monoisotopic (exact) mass is 1530 g/mol. The molecule has 0 N–H and O–H groups in total. The average Bonchev–Trinajstić information content (AvgIpc) is 1.54. The van der Waals surface area contributed by atoms with Crippen LogP contribution < -0.4 is 0 Å². The highest BCUT2D eigenvalue weighted by atomic mass is 32.2. The summed E-state index contributed by atoms with van der Waals surface area (Å²) in [6.07, 6.45) is 0. The van der Waals surface area contributed by atoms with Gasteiger partial charge in [-0.25, -0.2) is 0 Å². The van der Waals surface area contributed by atoms with Crippen LogP contribution in [0, 0.1) is 0 Å². The largest absolute Gasteiger partial charge is 0.144 e. The second-order valence-corrected chi connectivity index (χ2v) is 42.8. The van der Waals surface area contributed by atoms with Crippen molar-refractivity contribution < 1.29 is 0 Å². The molecule has 0 spiro atoms. The van der Waals surface area contributed by atoms with Gasteiger partial charge >= 0.3 is 0 Å². The van der Waals surface area contributed by atoms with Gasteiger partial charge in [-0.1, -0.05) is 297 Å². The molecular weight excluding hydrogens is 1490 g/mol. The zero-order valence-electron chi connectivity index (χ0n) is 48.3. The summed E-state index contributed by atoms with van der Waals surface area (Å²) in [5.74, 6) is 0. The maximum Gasteiger partial charge on any atom is 0.0585 e. The summed E-state index contributed by atoms with van der Waals surface area (Å²) in [4.78, 5) is 23.4. The molecule has 2 aromatic heterocycles. The summed E-state index contributed by atoms with van der Waals surface area (Å²) in [7, 11) is 0. The predicted octanol–water partition coefficient (Wildman–Crippen LogP) is 28.9. The van der Waals surface area contributed by atoms with Crippen molar-refractivity contribution in [2.45, 2.75) is 78.3 Å². The van der Waals surface area contributed by atoms with Crippen molar-refractivity contribution >= 4 is 222 Å². The third-order valence-electron chi connectivity index (χ3n) is 16.5. The smallest absolute Gasteiger partial charge is 0.0585 e. The molecule has 2 saturated carbocycles. The first-order chi connectivity index (χ1) is 46.6. The third kappa shape index (κ3) is 10.4. The molecule has 18 heteroatoms. The van der Waals surface area contributed by atoms with Gasteiger partial charge in [-0.15, -0.1) is 22.7 Å². The summed E-state index contributed by atoms with van der Waals surface area (Å²) in [5, 5.41) is 4.67. The van der Waals surface area contributed by atoms with Crippen molar-refractivity contribution in [2.24, 2.45) is 0 Å². The van der Waals surface area contributed by atoms with Crippen LogP contribution in [0.3, 0.4) is 0 Å². The van der Waals surface area contributed by atoms with E-state index in [-0.39, 0.29) is 0 Å². The maximum absolute atomic E-state index is 2.46. The predicted molar refractivity (Wildman–Crippen MR) is 424 cm³/mol. The van der Waals surface area contributed by atoms with E-state index < -0.39 is 0 Å². The van der Waals surface area contributed by atoms with Crippen molar-refractivity contribution in [1.29, 1.82) is 0 Å². The van der Waals surface area contributed by atoms with E-state index in [1.807, 2.05) is 211 Å². The first-order valence-corrected chi connectivity index (χ1v) is 44.5. The Bertz CT molecular complexity index is 4540. The minimum Gasteiger partial charge on any atom is -0.144 e. The molecule has 2 aliphatic carbocycles. The second kappa shape index (κ2) is 25.1. The zero-order valence-corrected chi connectivity index (χ0v) is 63.0. The fraction of sp³-hybridized carbons (Fsp3) is 0. The van der Waals surface area contributed by atoms with Gasteiger partial charge in [0.2, 0.25) is 0 Å². The molecule has 10 aromatic rings. The van der Waals surface area contributed by atoms with Gasteiger partial charge in [-0.05, 0) is 120 Å². The number of thiophene rings is 2. The van der Waals surface area contributed by atoms with Crippen LogP contribution in [0.25, 0.3) is 11.1 Å². The first-order valence-electron chi connectivity index (χ1n) is 29.7. The van der Waals surface area contributed by atoms with Crippen LogP contribution in [0.4, 0.5) is 0 Å². The number of rotatable bonds is 3. The van der Waals surface area contributed by atoms with Crippen molar-refractivity contribution in [3.63, 3.8) is 0 Å². The van der Waals surface area contributed by atoms with Gasteiger partial charge in [-0.3, -0.25) is 0 Å². The highest BCUT2D eigenvalue weighted by molar-refractivity contribution is 8.28. The van der Waals surface area contributed by atoms with E-state index in [1.54, 1.807) is 0 Å². The Kier molecular flexibility index (Phi) is 16.1. The Morgan fingerprint density at radius 2 is 0.309 bits per heavy atom. The van der Waals surface area contributed by atoms with Crippen molar-refractivity contribution in [3.05, 3.63) is 329 Å². The van der Waals surface area contributed by atoms with E-state index in [0.29, 0.717) is 0 Å². The lowest BCUT2D eigenvalue weighted by atomic mass is 9.86. The first kappa shape index (κ1) is 60.1.